The Kier molecular flexibility index (Phi) is 12.2. The molecule has 0 radical (unpaired) electrons. The summed E-state index contributed by atoms with van der Waals surface area (Å²) in [6.45, 7) is 0. The topological polar surface area (TPSA) is 152 Å². The second-order valence-corrected chi connectivity index (χ2v) is 7.48. The van der Waals surface area contributed by atoms with Gasteiger partial charge in [0.15, 0.2) is 52.4 Å². The van der Waals surface area contributed by atoms with E-state index in [1.165, 1.54) is 0 Å². The number of hydrogen-bond acceptors (Lipinski definition) is 7. The smallest absolute Gasteiger partial charge is 0.341 e. The molecule has 0 unspecified atom stereocenters. The molecule has 0 aromatic heterocycles. The molecule has 0 saturated carbocycles. The first-order valence-electron chi connectivity index (χ1n) is 10.2. The highest BCUT2D eigenvalue weighted by molar-refractivity contribution is 6.67. The number of carbonyl (C=O) groups is 3. The molecule has 1 N–H and O–H groups in total. The molecule has 3 aromatic rings. The van der Waals surface area contributed by atoms with Crippen molar-refractivity contribution in [1.82, 2.24) is 0 Å². The highest BCUT2D eigenvalue weighted by atomic mass is 35.5. The van der Waals surface area contributed by atoms with E-state index in [1.54, 1.807) is 0 Å². The van der Waals surface area contributed by atoms with Gasteiger partial charge in [-0.05, 0) is 29.8 Å². The molecule has 8 nitrogen and oxygen atoms in total. The molecule has 18 heteroatoms. The van der Waals surface area contributed by atoms with E-state index in [2.05, 4.69) is 4.74 Å². The van der Waals surface area contributed by atoms with E-state index in [0.29, 0.717) is 12.1 Å². The maximum Gasteiger partial charge on any atom is 0.341 e. The molecule has 0 fully saturated rings. The van der Waals surface area contributed by atoms with Crippen molar-refractivity contribution in [3.63, 3.8) is 0 Å². The quantitative estimate of drug-likeness (QED) is 0.164. The lowest BCUT2D eigenvalue weighted by Gasteiger charge is -2.03. The molecule has 0 amide bonds. The highest BCUT2D eigenvalue weighted by Gasteiger charge is 2.24. The van der Waals surface area contributed by atoms with Gasteiger partial charge in [-0.2, -0.15) is 15.8 Å². The van der Waals surface area contributed by atoms with Crippen LogP contribution in [0.15, 0.2) is 18.2 Å². The van der Waals surface area contributed by atoms with Crippen molar-refractivity contribution in [2.45, 2.75) is 0 Å². The predicted molar refractivity (Wildman–Crippen MR) is 122 cm³/mol. The third kappa shape index (κ3) is 7.78. The van der Waals surface area contributed by atoms with Crippen LogP contribution in [0.2, 0.25) is 0 Å². The van der Waals surface area contributed by atoms with E-state index in [4.69, 9.17) is 32.5 Å². The van der Waals surface area contributed by atoms with Crippen LogP contribution < -0.4 is 0 Å². The molecular weight excluding hydrogens is 629 g/mol. The van der Waals surface area contributed by atoms with E-state index in [1.807, 2.05) is 0 Å². The molecule has 0 aliphatic rings. The maximum atomic E-state index is 13.2. The van der Waals surface area contributed by atoms with Crippen molar-refractivity contribution in [2.24, 2.45) is 0 Å². The molecular formula is C25H7ClF9N3O5. The van der Waals surface area contributed by atoms with Crippen molar-refractivity contribution in [1.29, 1.82) is 15.8 Å². The average Bonchev–Trinajstić information content (AvgIpc) is 2.95. The summed E-state index contributed by atoms with van der Waals surface area (Å²) >= 11 is 4.88. The number of rotatable bonds is 3. The summed E-state index contributed by atoms with van der Waals surface area (Å²) in [7, 11) is 0.953. The summed E-state index contributed by atoms with van der Waals surface area (Å²) < 4.78 is 120. The van der Waals surface area contributed by atoms with Gasteiger partial charge in [-0.3, -0.25) is 4.79 Å². The first-order valence-corrected chi connectivity index (χ1v) is 10.6. The Labute approximate surface area is 237 Å². The molecule has 43 heavy (non-hydrogen) atoms. The van der Waals surface area contributed by atoms with Gasteiger partial charge in [-0.1, -0.05) is 0 Å². The fourth-order valence-electron chi connectivity index (χ4n) is 2.66. The predicted octanol–water partition coefficient (Wildman–Crippen LogP) is 5.79. The second-order valence-electron chi connectivity index (χ2n) is 7.13. The second kappa shape index (κ2) is 14.9. The Balaban J connectivity index is 0.000000323. The number of methoxy groups -OCH3 is 1. The number of nitrogens with zero attached hydrogens (tertiary/aromatic N) is 3. The fraction of sp³-hybridized carbons (Fsp3) is 0.0400. The molecule has 0 bridgehead atoms. The van der Waals surface area contributed by atoms with Crippen LogP contribution in [0.25, 0.3) is 0 Å². The van der Waals surface area contributed by atoms with Crippen molar-refractivity contribution >= 4 is 28.8 Å². The zero-order valence-corrected chi connectivity index (χ0v) is 21.2. The zero-order valence-electron chi connectivity index (χ0n) is 20.4. The van der Waals surface area contributed by atoms with Crippen LogP contribution in [0, 0.1) is 86.3 Å². The van der Waals surface area contributed by atoms with Gasteiger partial charge in [0.05, 0.1) is 23.8 Å². The van der Waals surface area contributed by atoms with Crippen LogP contribution in [-0.2, 0) is 4.74 Å². The minimum absolute atomic E-state index is 0.188. The van der Waals surface area contributed by atoms with E-state index >= 15 is 0 Å². The Morgan fingerprint density at radius 3 is 1.23 bits per heavy atom. The van der Waals surface area contributed by atoms with Gasteiger partial charge in [0, 0.05) is 0 Å². The first kappa shape index (κ1) is 35.4. The van der Waals surface area contributed by atoms with Gasteiger partial charge < -0.3 is 9.84 Å². The van der Waals surface area contributed by atoms with Crippen LogP contribution in [-0.4, -0.2) is 29.4 Å². The molecule has 0 atom stereocenters. The van der Waals surface area contributed by atoms with Crippen LogP contribution in [0.3, 0.4) is 0 Å². The van der Waals surface area contributed by atoms with Crippen LogP contribution in [0.5, 0.6) is 0 Å². The van der Waals surface area contributed by atoms with Crippen LogP contribution in [0.4, 0.5) is 39.5 Å². The number of hydrogen-bond donors (Lipinski definition) is 1. The normalized spacial score (nSPS) is 9.58. The summed E-state index contributed by atoms with van der Waals surface area (Å²) in [5.74, 6) is -16.9. The average molecular weight is 636 g/mol. The lowest BCUT2D eigenvalue weighted by atomic mass is 10.1. The Morgan fingerprint density at radius 1 is 0.628 bits per heavy atom. The summed E-state index contributed by atoms with van der Waals surface area (Å²) in [6, 6.07) is 4.11. The van der Waals surface area contributed by atoms with E-state index in [-0.39, 0.29) is 6.07 Å². The van der Waals surface area contributed by atoms with Crippen molar-refractivity contribution in [2.75, 3.05) is 7.11 Å². The standard InChI is InChI=1S/C9H4F3NO2.C8HClF3NO.C8H2F3NO2/c1-15-9(14)4-2-6(10)8(12)5(3-13)7(4)11;9-8(14)3-1-5(10)7(12)4(2-13)6(3)11;9-5-1-3(8(13)14)6(10)4(2-12)7(5)11/h2H,1H3;1H;1H,(H,13,14). The van der Waals surface area contributed by atoms with E-state index in [9.17, 15) is 53.9 Å². The van der Waals surface area contributed by atoms with Gasteiger partial charge in [0.25, 0.3) is 5.24 Å². The SMILES string of the molecule is COC(=O)c1cc(F)c(F)c(C#N)c1F.N#Cc1c(F)c(F)cc(C(=O)Cl)c1F.N#Cc1c(F)c(F)cc(C(=O)O)c1F. The summed E-state index contributed by atoms with van der Waals surface area (Å²) in [5.41, 5.74) is -6.28. The third-order valence-electron chi connectivity index (χ3n) is 4.65. The van der Waals surface area contributed by atoms with Crippen molar-refractivity contribution in [3.8, 4) is 18.2 Å². The number of halogens is 10. The molecule has 3 rings (SSSR count). The molecule has 222 valence electrons. The molecule has 0 aliphatic carbocycles. The largest absolute Gasteiger partial charge is 0.478 e. The van der Waals surface area contributed by atoms with Crippen molar-refractivity contribution < 1.29 is 63.7 Å². The zero-order chi connectivity index (χ0) is 33.3. The number of benzene rings is 3. The summed E-state index contributed by atoms with van der Waals surface area (Å²) in [4.78, 5) is 31.7. The Hall–Kier alpha value is -5.60. The minimum atomic E-state index is -1.77. The molecule has 0 spiro atoms. The van der Waals surface area contributed by atoms with E-state index in [0.717, 1.165) is 25.3 Å². The fourth-order valence-corrected chi connectivity index (χ4v) is 2.80. The number of carbonyl (C=O) groups excluding carboxylic acids is 2. The Morgan fingerprint density at radius 2 is 0.930 bits per heavy atom. The number of carboxylic acids is 1. The van der Waals surface area contributed by atoms with Crippen LogP contribution >= 0.6 is 11.6 Å². The number of aromatic carboxylic acids is 1. The van der Waals surface area contributed by atoms with Gasteiger partial charge in [-0.25, -0.2) is 49.1 Å². The Bertz CT molecular complexity index is 1700. The minimum Gasteiger partial charge on any atom is -0.478 e. The first-order chi connectivity index (χ1) is 20.0. The molecule has 0 aliphatic heterocycles. The van der Waals surface area contributed by atoms with E-state index < -0.39 is 103 Å². The molecule has 3 aromatic carbocycles. The number of carboxylic acid groups (broad SMARTS) is 1. The lowest BCUT2D eigenvalue weighted by molar-refractivity contribution is 0.0593. The monoisotopic (exact) mass is 635 g/mol. The molecule has 0 heterocycles. The summed E-state index contributed by atoms with van der Waals surface area (Å²) in [6.07, 6.45) is 0. The third-order valence-corrected chi connectivity index (χ3v) is 4.86. The van der Waals surface area contributed by atoms with Gasteiger partial charge in [-0.15, -0.1) is 0 Å². The van der Waals surface area contributed by atoms with Crippen LogP contribution in [0.1, 0.15) is 47.8 Å². The van der Waals surface area contributed by atoms with Gasteiger partial charge in [0.2, 0.25) is 0 Å². The lowest BCUT2D eigenvalue weighted by Crippen LogP contribution is -2.09. The number of ether oxygens (including phenoxy) is 1. The maximum absolute atomic E-state index is 13.2. The van der Waals surface area contributed by atoms with Gasteiger partial charge in [0.1, 0.15) is 34.9 Å². The number of nitriles is 3. The summed E-state index contributed by atoms with van der Waals surface area (Å²) in [5, 5.41) is 31.9. The van der Waals surface area contributed by atoms with Crippen molar-refractivity contribution in [3.05, 3.63) is 104 Å². The number of esters is 1. The highest BCUT2D eigenvalue weighted by Crippen LogP contribution is 2.22. The van der Waals surface area contributed by atoms with Gasteiger partial charge >= 0.3 is 11.9 Å². The molecule has 0 saturated heterocycles.